The first-order valence-corrected chi connectivity index (χ1v) is 15.8. The van der Waals surface area contributed by atoms with Gasteiger partial charge in [0.15, 0.2) is 0 Å². The summed E-state index contributed by atoms with van der Waals surface area (Å²) < 4.78 is 2.74. The fourth-order valence-electron chi connectivity index (χ4n) is 6.90. The van der Waals surface area contributed by atoms with Crippen LogP contribution in [0.3, 0.4) is 0 Å². The molecule has 0 nitrogen and oxygen atoms in total. The first kappa shape index (κ1) is 28.2. The molecule has 0 heterocycles. The molecule has 0 radical (unpaired) electrons. The van der Waals surface area contributed by atoms with Gasteiger partial charge in [-0.2, -0.15) is 0 Å². The fraction of sp³-hybridized carbons (Fsp3) is 0.548. The molecule has 0 N–H and O–H groups in total. The minimum absolute atomic E-state index is 0. The summed E-state index contributed by atoms with van der Waals surface area (Å²) in [4.78, 5) is 0. The summed E-state index contributed by atoms with van der Waals surface area (Å²) in [7, 11) is 0. The molecule has 1 aromatic carbocycles. The van der Waals surface area contributed by atoms with Crippen molar-refractivity contribution in [1.29, 1.82) is 0 Å². The standard InChI is InChI=1S/C22H27.C9H13.2ClH.Zr/c1-3-8-17(9-4-1)14-18-15-20-12-7-13-21(22(20)16-18)19-10-5-2-6-11-19;1-6-5-7(2)9(4)8(6)3;;;/h2,5-6,10-11,15-17,21H,1,3-4,7-9,12-14H2;6H,1-4H3;2*1H;/q;;;;+2/p-2. The molecule has 4 aliphatic rings. The van der Waals surface area contributed by atoms with Crippen molar-refractivity contribution >= 4 is 0 Å². The van der Waals surface area contributed by atoms with Gasteiger partial charge in [-0.05, 0) is 0 Å². The number of benzene rings is 1. The first-order valence-electron chi connectivity index (χ1n) is 13.2. The van der Waals surface area contributed by atoms with Crippen LogP contribution in [0.2, 0.25) is 3.63 Å². The van der Waals surface area contributed by atoms with E-state index in [4.69, 9.17) is 0 Å². The predicted octanol–water partition coefficient (Wildman–Crippen LogP) is 3.30. The van der Waals surface area contributed by atoms with Gasteiger partial charge in [0.25, 0.3) is 0 Å². The Morgan fingerprint density at radius 2 is 1.56 bits per heavy atom. The second kappa shape index (κ2) is 12.3. The van der Waals surface area contributed by atoms with Gasteiger partial charge in [0.05, 0.1) is 0 Å². The Labute approximate surface area is 232 Å². The van der Waals surface area contributed by atoms with Crippen LogP contribution in [0.5, 0.6) is 0 Å². The molecule has 0 saturated heterocycles. The molecule has 0 amide bonds. The zero-order valence-corrected chi connectivity index (χ0v) is 25.4. The van der Waals surface area contributed by atoms with Gasteiger partial charge in [0.2, 0.25) is 0 Å². The number of hydrogen-bond acceptors (Lipinski definition) is 0. The molecule has 0 aromatic heterocycles. The number of hydrogen-bond donors (Lipinski definition) is 0. The van der Waals surface area contributed by atoms with Gasteiger partial charge in [-0.25, -0.2) is 0 Å². The molecule has 4 aliphatic carbocycles. The van der Waals surface area contributed by atoms with Gasteiger partial charge in [-0.1, -0.05) is 0 Å². The maximum Gasteiger partial charge on any atom is -1.00 e. The Hall–Kier alpha value is -0.357. The van der Waals surface area contributed by atoms with Gasteiger partial charge in [0, 0.05) is 0 Å². The number of halogens is 2. The molecule has 3 unspecified atom stereocenters. The Morgan fingerprint density at radius 3 is 2.21 bits per heavy atom. The van der Waals surface area contributed by atoms with E-state index in [1.54, 1.807) is 27.9 Å². The molecule has 3 heteroatoms. The second-order valence-corrected chi connectivity index (χ2v) is 14.4. The van der Waals surface area contributed by atoms with Crippen LogP contribution in [0.15, 0.2) is 73.1 Å². The Bertz CT molecular complexity index is 992. The quantitative estimate of drug-likeness (QED) is 0.507. The van der Waals surface area contributed by atoms with Crippen LogP contribution in [0, 0.1) is 11.8 Å². The van der Waals surface area contributed by atoms with Crippen LogP contribution < -0.4 is 24.8 Å². The van der Waals surface area contributed by atoms with E-state index >= 15 is 0 Å². The zero-order chi connectivity index (χ0) is 22.2. The largest absolute Gasteiger partial charge is 1.00 e. The Kier molecular flexibility index (Phi) is 10.2. The van der Waals surface area contributed by atoms with Gasteiger partial charge in [0.1, 0.15) is 0 Å². The van der Waals surface area contributed by atoms with Gasteiger partial charge in [-0.3, -0.25) is 0 Å². The van der Waals surface area contributed by atoms with Crippen LogP contribution in [0.1, 0.15) is 97.0 Å². The maximum atomic E-state index is 2.76. The van der Waals surface area contributed by atoms with E-state index in [2.05, 4.69) is 64.1 Å². The second-order valence-electron chi connectivity index (χ2n) is 10.9. The van der Waals surface area contributed by atoms with Crippen molar-refractivity contribution < 1.29 is 48.0 Å². The molecule has 0 aliphatic heterocycles. The van der Waals surface area contributed by atoms with Crippen LogP contribution >= 0.6 is 0 Å². The molecule has 1 fully saturated rings. The first-order chi connectivity index (χ1) is 15.5. The van der Waals surface area contributed by atoms with E-state index in [1.807, 2.05) is 14.4 Å². The predicted molar refractivity (Wildman–Crippen MR) is 133 cm³/mol. The minimum Gasteiger partial charge on any atom is -1.00 e. The third-order valence-corrected chi connectivity index (χ3v) is 14.4. The minimum atomic E-state index is -0.705. The summed E-state index contributed by atoms with van der Waals surface area (Å²) in [6.07, 6.45) is 15.6. The van der Waals surface area contributed by atoms with Crippen molar-refractivity contribution in [1.82, 2.24) is 0 Å². The molecular formula is C31H40Cl2Zr. The van der Waals surface area contributed by atoms with E-state index in [-0.39, 0.29) is 24.8 Å². The zero-order valence-electron chi connectivity index (χ0n) is 21.4. The normalized spacial score (nSPS) is 27.2. The molecule has 1 saturated carbocycles. The van der Waals surface area contributed by atoms with Crippen LogP contribution in [-0.4, -0.2) is 0 Å². The number of rotatable bonds is 5. The topological polar surface area (TPSA) is 0 Å². The summed E-state index contributed by atoms with van der Waals surface area (Å²) in [5.74, 6) is 2.30. The van der Waals surface area contributed by atoms with Crippen molar-refractivity contribution in [3.8, 4) is 0 Å². The Balaban J connectivity index is 0.00000162. The van der Waals surface area contributed by atoms with E-state index < -0.39 is 23.2 Å². The average Bonchev–Trinajstić information content (AvgIpc) is 3.26. The summed E-state index contributed by atoms with van der Waals surface area (Å²) in [6.45, 7) is 9.69. The smallest absolute Gasteiger partial charge is 1.00 e. The monoisotopic (exact) mass is 572 g/mol. The van der Waals surface area contributed by atoms with E-state index in [0.717, 1.165) is 9.54 Å². The maximum absolute atomic E-state index is 2.76. The van der Waals surface area contributed by atoms with Crippen molar-refractivity contribution in [3.63, 3.8) is 0 Å². The average molecular weight is 575 g/mol. The van der Waals surface area contributed by atoms with Crippen molar-refractivity contribution in [2.45, 2.75) is 95.0 Å². The van der Waals surface area contributed by atoms with E-state index in [1.165, 1.54) is 57.8 Å². The molecule has 0 bridgehead atoms. The SMILES string of the molecule is CC1=C(C)C(C)[C]([Zr+2][CH]2C(CC3CCCCC3)=CC3=C2CCCC3c2ccccc2)=C1C.[Cl-].[Cl-]. The van der Waals surface area contributed by atoms with Crippen LogP contribution in [-0.2, 0) is 23.2 Å². The van der Waals surface area contributed by atoms with Gasteiger partial charge < -0.3 is 24.8 Å². The van der Waals surface area contributed by atoms with E-state index in [0.29, 0.717) is 11.8 Å². The number of allylic oxidation sites excluding steroid dienone is 8. The van der Waals surface area contributed by atoms with Crippen molar-refractivity contribution in [3.05, 3.63) is 78.7 Å². The van der Waals surface area contributed by atoms with Gasteiger partial charge >= 0.3 is 209 Å². The molecule has 5 rings (SSSR count). The van der Waals surface area contributed by atoms with Crippen LogP contribution in [0.25, 0.3) is 0 Å². The van der Waals surface area contributed by atoms with Crippen molar-refractivity contribution in [2.24, 2.45) is 11.8 Å². The third-order valence-electron chi connectivity index (χ3n) is 9.14. The molecule has 34 heavy (non-hydrogen) atoms. The molecule has 0 spiro atoms. The molecule has 1 aromatic rings. The summed E-state index contributed by atoms with van der Waals surface area (Å²) in [5, 5.41) is 0. The summed E-state index contributed by atoms with van der Waals surface area (Å²) >= 11 is -0.705. The van der Waals surface area contributed by atoms with E-state index in [9.17, 15) is 0 Å². The molecule has 182 valence electrons. The van der Waals surface area contributed by atoms with Gasteiger partial charge in [-0.15, -0.1) is 0 Å². The fourth-order valence-corrected chi connectivity index (χ4v) is 11.9. The molecular weight excluding hydrogens is 534 g/mol. The summed E-state index contributed by atoms with van der Waals surface area (Å²) in [5.41, 5.74) is 12.0. The Morgan fingerprint density at radius 1 is 0.853 bits per heavy atom. The molecule has 3 atom stereocenters. The van der Waals surface area contributed by atoms with Crippen LogP contribution in [0.4, 0.5) is 0 Å². The van der Waals surface area contributed by atoms with Crippen molar-refractivity contribution in [2.75, 3.05) is 0 Å². The third kappa shape index (κ3) is 5.48. The summed E-state index contributed by atoms with van der Waals surface area (Å²) in [6, 6.07) is 11.4.